The minimum Gasteiger partial charge on any atom is -0.368 e. The molecule has 126 valence electrons. The second-order valence-electron chi connectivity index (χ2n) is 6.38. The van der Waals surface area contributed by atoms with Crippen LogP contribution in [0.4, 0.5) is 0 Å². The summed E-state index contributed by atoms with van der Waals surface area (Å²) in [5.41, 5.74) is 3.64. The molecule has 4 rings (SSSR count). The van der Waals surface area contributed by atoms with E-state index in [9.17, 15) is 4.79 Å². The molecule has 1 fully saturated rings. The van der Waals surface area contributed by atoms with Crippen LogP contribution in [0.2, 0.25) is 0 Å². The first-order valence-electron chi connectivity index (χ1n) is 8.49. The van der Waals surface area contributed by atoms with Crippen molar-refractivity contribution in [2.24, 2.45) is 0 Å². The first kappa shape index (κ1) is 15.3. The molecule has 0 radical (unpaired) electrons. The number of hydrogen-bond donors (Lipinski definition) is 1. The summed E-state index contributed by atoms with van der Waals surface area (Å²) in [7, 11) is 0. The van der Waals surface area contributed by atoms with Crippen molar-refractivity contribution in [1.82, 2.24) is 25.1 Å². The zero-order chi connectivity index (χ0) is 16.5. The quantitative estimate of drug-likeness (QED) is 0.906. The molecule has 1 amide bonds. The molecule has 2 aliphatic rings. The fourth-order valence-corrected chi connectivity index (χ4v) is 3.47. The number of fused-ring (bicyclic) bond motifs is 1. The summed E-state index contributed by atoms with van der Waals surface area (Å²) in [6.45, 7) is 3.44. The van der Waals surface area contributed by atoms with Crippen LogP contribution in [0, 0.1) is 6.92 Å². The molecule has 1 N–H and O–H groups in total. The number of nitrogens with zero attached hydrogens (tertiary/aromatic N) is 4. The van der Waals surface area contributed by atoms with E-state index in [-0.39, 0.29) is 12.0 Å². The van der Waals surface area contributed by atoms with Crippen LogP contribution in [-0.2, 0) is 17.6 Å². The monoisotopic (exact) mass is 327 g/mol. The highest BCUT2D eigenvalue weighted by Crippen LogP contribution is 2.25. The summed E-state index contributed by atoms with van der Waals surface area (Å²) in [6, 6.07) is 1.85. The average Bonchev–Trinajstić information content (AvgIpc) is 3.05. The van der Waals surface area contributed by atoms with Crippen LogP contribution in [0.15, 0.2) is 12.3 Å². The fourth-order valence-electron chi connectivity index (χ4n) is 3.47. The second kappa shape index (κ2) is 6.32. The molecule has 0 bridgehead atoms. The predicted octanol–water partition coefficient (Wildman–Crippen LogP) is 1.60. The summed E-state index contributed by atoms with van der Waals surface area (Å²) in [6.07, 6.45) is 5.73. The molecule has 7 heteroatoms. The molecule has 2 aromatic heterocycles. The Morgan fingerprint density at radius 3 is 3.12 bits per heavy atom. The fraction of sp³-hybridized carbons (Fsp3) is 0.529. The first-order chi connectivity index (χ1) is 11.7. The van der Waals surface area contributed by atoms with E-state index in [1.807, 2.05) is 17.9 Å². The number of hydrogen-bond acceptors (Lipinski definition) is 5. The number of ether oxygens (including phenoxy) is 1. The lowest BCUT2D eigenvalue weighted by Crippen LogP contribution is -2.43. The van der Waals surface area contributed by atoms with Crippen molar-refractivity contribution in [3.63, 3.8) is 0 Å². The van der Waals surface area contributed by atoms with E-state index in [1.165, 1.54) is 0 Å². The Morgan fingerprint density at radius 2 is 2.25 bits per heavy atom. The number of carbonyl (C=O) groups excluding carboxylic acids is 1. The van der Waals surface area contributed by atoms with Crippen molar-refractivity contribution < 1.29 is 9.53 Å². The third kappa shape index (κ3) is 2.80. The molecule has 1 aliphatic carbocycles. The second-order valence-corrected chi connectivity index (χ2v) is 6.38. The first-order valence-corrected chi connectivity index (χ1v) is 8.49. The lowest BCUT2D eigenvalue weighted by Gasteiger charge is -2.32. The standard InChI is InChI=1S/C17H21N5O2/c1-11-18-7-6-14(19-11)15-10-22(8-9-24-15)17(23)16-12-4-2-3-5-13(12)20-21-16/h6-7,15H,2-5,8-10H2,1H3,(H,20,21)/t15-/m0/s1. The molecular formula is C17H21N5O2. The Bertz CT molecular complexity index is 757. The van der Waals surface area contributed by atoms with Gasteiger partial charge in [-0.15, -0.1) is 0 Å². The number of aromatic amines is 1. The molecule has 24 heavy (non-hydrogen) atoms. The Kier molecular flexibility index (Phi) is 4.02. The van der Waals surface area contributed by atoms with Gasteiger partial charge in [0.15, 0.2) is 5.69 Å². The molecule has 0 unspecified atom stereocenters. The number of aromatic nitrogens is 4. The Balaban J connectivity index is 1.54. The Morgan fingerprint density at radius 1 is 1.38 bits per heavy atom. The number of amides is 1. The largest absolute Gasteiger partial charge is 0.368 e. The van der Waals surface area contributed by atoms with Crippen LogP contribution < -0.4 is 0 Å². The van der Waals surface area contributed by atoms with E-state index in [1.54, 1.807) is 6.20 Å². The van der Waals surface area contributed by atoms with Crippen molar-refractivity contribution >= 4 is 5.91 Å². The van der Waals surface area contributed by atoms with Crippen molar-refractivity contribution in [1.29, 1.82) is 0 Å². The zero-order valence-corrected chi connectivity index (χ0v) is 13.8. The summed E-state index contributed by atoms with van der Waals surface area (Å²) in [4.78, 5) is 23.3. The molecule has 7 nitrogen and oxygen atoms in total. The SMILES string of the molecule is Cc1nccc([C@@H]2CN(C(=O)c3n[nH]c4c3CCCC4)CCO2)n1. The van der Waals surface area contributed by atoms with E-state index in [2.05, 4.69) is 20.2 Å². The molecule has 2 aromatic rings. The van der Waals surface area contributed by atoms with E-state index < -0.39 is 0 Å². The van der Waals surface area contributed by atoms with Gasteiger partial charge in [0.05, 0.1) is 18.8 Å². The normalized spacial score (nSPS) is 20.7. The maximum Gasteiger partial charge on any atom is 0.274 e. The van der Waals surface area contributed by atoms with Gasteiger partial charge >= 0.3 is 0 Å². The minimum absolute atomic E-state index is 0.00604. The molecular weight excluding hydrogens is 306 g/mol. The third-order valence-electron chi connectivity index (χ3n) is 4.74. The Hall–Kier alpha value is -2.28. The number of carbonyl (C=O) groups is 1. The third-order valence-corrected chi connectivity index (χ3v) is 4.74. The highest BCUT2D eigenvalue weighted by atomic mass is 16.5. The highest BCUT2D eigenvalue weighted by molar-refractivity contribution is 5.94. The Labute approximate surface area is 140 Å². The van der Waals surface area contributed by atoms with E-state index >= 15 is 0 Å². The molecule has 3 heterocycles. The van der Waals surface area contributed by atoms with Crippen LogP contribution in [0.25, 0.3) is 0 Å². The highest BCUT2D eigenvalue weighted by Gasteiger charge is 2.30. The van der Waals surface area contributed by atoms with Crippen LogP contribution >= 0.6 is 0 Å². The van der Waals surface area contributed by atoms with Gasteiger partial charge in [0.25, 0.3) is 5.91 Å². The summed E-state index contributed by atoms with van der Waals surface area (Å²) in [5.74, 6) is 0.703. The van der Waals surface area contributed by atoms with Crippen molar-refractivity contribution in [3.05, 3.63) is 40.7 Å². The van der Waals surface area contributed by atoms with Gasteiger partial charge in [-0.05, 0) is 38.7 Å². The van der Waals surface area contributed by atoms with Crippen molar-refractivity contribution in [3.8, 4) is 0 Å². The molecule has 1 aliphatic heterocycles. The van der Waals surface area contributed by atoms with Gasteiger partial charge in [0.1, 0.15) is 11.9 Å². The molecule has 0 saturated carbocycles. The number of rotatable bonds is 2. The molecule has 0 aromatic carbocycles. The van der Waals surface area contributed by atoms with E-state index in [0.29, 0.717) is 31.2 Å². The average molecular weight is 327 g/mol. The predicted molar refractivity (Wildman–Crippen MR) is 86.6 cm³/mol. The topological polar surface area (TPSA) is 84.0 Å². The van der Waals surface area contributed by atoms with Gasteiger partial charge in [-0.1, -0.05) is 0 Å². The van der Waals surface area contributed by atoms with Gasteiger partial charge in [-0.2, -0.15) is 5.10 Å². The van der Waals surface area contributed by atoms with E-state index in [0.717, 1.165) is 42.6 Å². The summed E-state index contributed by atoms with van der Waals surface area (Å²) in [5, 5.41) is 7.35. The number of aryl methyl sites for hydroxylation is 2. The zero-order valence-electron chi connectivity index (χ0n) is 13.8. The molecule has 0 spiro atoms. The van der Waals surface area contributed by atoms with Crippen LogP contribution in [-0.4, -0.2) is 50.7 Å². The summed E-state index contributed by atoms with van der Waals surface area (Å²) < 4.78 is 5.82. The smallest absolute Gasteiger partial charge is 0.274 e. The van der Waals surface area contributed by atoms with E-state index in [4.69, 9.17) is 4.74 Å². The molecule has 1 saturated heterocycles. The van der Waals surface area contributed by atoms with Crippen LogP contribution in [0.5, 0.6) is 0 Å². The van der Waals surface area contributed by atoms with Gasteiger partial charge in [-0.3, -0.25) is 9.89 Å². The number of morpholine rings is 1. The van der Waals surface area contributed by atoms with Crippen LogP contribution in [0.1, 0.15) is 52.2 Å². The number of H-pyrrole nitrogens is 1. The number of nitrogens with one attached hydrogen (secondary N) is 1. The maximum atomic E-state index is 12.9. The van der Waals surface area contributed by atoms with Gasteiger partial charge in [0, 0.05) is 24.0 Å². The van der Waals surface area contributed by atoms with Gasteiger partial charge in [0.2, 0.25) is 0 Å². The molecule has 1 atom stereocenters. The maximum absolute atomic E-state index is 12.9. The summed E-state index contributed by atoms with van der Waals surface area (Å²) >= 11 is 0. The van der Waals surface area contributed by atoms with Crippen LogP contribution in [0.3, 0.4) is 0 Å². The van der Waals surface area contributed by atoms with Crippen molar-refractivity contribution in [2.45, 2.75) is 38.7 Å². The lowest BCUT2D eigenvalue weighted by molar-refractivity contribution is -0.0250. The van der Waals surface area contributed by atoms with Crippen molar-refractivity contribution in [2.75, 3.05) is 19.7 Å². The minimum atomic E-state index is -0.209. The van der Waals surface area contributed by atoms with Gasteiger partial charge < -0.3 is 9.64 Å². The lowest BCUT2D eigenvalue weighted by atomic mass is 9.95. The van der Waals surface area contributed by atoms with Gasteiger partial charge in [-0.25, -0.2) is 9.97 Å².